The number of hydrogen-bond donors (Lipinski definition) is 0. The number of benzene rings is 1. The largest absolute Gasteiger partial charge is 0.352 e. The zero-order chi connectivity index (χ0) is 13.1. The average molecular weight is 264 g/mol. The molecule has 1 aromatic rings. The third kappa shape index (κ3) is 2.82. The molecule has 0 aromatic heterocycles. The fourth-order valence-corrected chi connectivity index (χ4v) is 3.17. The van der Waals surface area contributed by atoms with E-state index in [0.29, 0.717) is 18.8 Å². The molecule has 3 rings (SSSR count). The van der Waals surface area contributed by atoms with Crippen LogP contribution in [0.25, 0.3) is 0 Å². The molecule has 3 heteroatoms. The van der Waals surface area contributed by atoms with Crippen molar-refractivity contribution in [3.63, 3.8) is 0 Å². The van der Waals surface area contributed by atoms with Crippen LogP contribution in [0.3, 0.4) is 0 Å². The predicted molar refractivity (Wildman–Crippen MR) is 71.5 cm³/mol. The van der Waals surface area contributed by atoms with Crippen LogP contribution in [0.2, 0.25) is 0 Å². The molecule has 2 nitrogen and oxygen atoms in total. The second-order valence-corrected chi connectivity index (χ2v) is 5.63. The van der Waals surface area contributed by atoms with E-state index in [1.165, 1.54) is 0 Å². The Hall–Kier alpha value is -0.930. The van der Waals surface area contributed by atoms with Crippen LogP contribution in [0.1, 0.15) is 37.7 Å². The van der Waals surface area contributed by atoms with Crippen molar-refractivity contribution in [1.29, 1.82) is 0 Å². The Morgan fingerprint density at radius 2 is 1.63 bits per heavy atom. The van der Waals surface area contributed by atoms with E-state index in [2.05, 4.69) is 0 Å². The van der Waals surface area contributed by atoms with Gasteiger partial charge in [-0.1, -0.05) is 30.3 Å². The van der Waals surface area contributed by atoms with Gasteiger partial charge in [0, 0.05) is 5.92 Å². The van der Waals surface area contributed by atoms with Gasteiger partial charge in [-0.15, -0.1) is 0 Å². The van der Waals surface area contributed by atoms with E-state index in [-0.39, 0.29) is 6.29 Å². The summed E-state index contributed by atoms with van der Waals surface area (Å²) in [5, 5.41) is 0. The smallest absolute Gasteiger partial charge is 0.160 e. The second kappa shape index (κ2) is 5.59. The van der Waals surface area contributed by atoms with Crippen LogP contribution in [0.5, 0.6) is 0 Å². The molecule has 0 N–H and O–H groups in total. The van der Waals surface area contributed by atoms with Gasteiger partial charge in [-0.25, -0.2) is 4.39 Å². The molecule has 1 saturated carbocycles. The van der Waals surface area contributed by atoms with Crippen molar-refractivity contribution in [2.24, 2.45) is 5.92 Å². The molecule has 0 atom stereocenters. The Bertz CT molecular complexity index is 392. The number of rotatable bonds is 2. The lowest BCUT2D eigenvalue weighted by Gasteiger charge is -2.38. The molecule has 0 bridgehead atoms. The first-order valence-corrected chi connectivity index (χ1v) is 7.26. The quantitative estimate of drug-likeness (QED) is 0.808. The Morgan fingerprint density at radius 3 is 2.26 bits per heavy atom. The van der Waals surface area contributed by atoms with E-state index in [1.807, 2.05) is 30.3 Å². The number of alkyl halides is 1. The Kier molecular flexibility index (Phi) is 3.85. The summed E-state index contributed by atoms with van der Waals surface area (Å²) in [6, 6.07) is 9.55. The molecule has 0 unspecified atom stereocenters. The third-order valence-corrected chi connectivity index (χ3v) is 4.35. The van der Waals surface area contributed by atoms with Gasteiger partial charge in [0.2, 0.25) is 0 Å². The second-order valence-electron chi connectivity index (χ2n) is 5.63. The van der Waals surface area contributed by atoms with Gasteiger partial charge in [-0.05, 0) is 37.7 Å². The maximum Gasteiger partial charge on any atom is 0.160 e. The average Bonchev–Trinajstić information content (AvgIpc) is 2.50. The molecule has 1 aliphatic carbocycles. The minimum Gasteiger partial charge on any atom is -0.352 e. The van der Waals surface area contributed by atoms with Crippen LogP contribution in [0.4, 0.5) is 4.39 Å². The van der Waals surface area contributed by atoms with Crippen molar-refractivity contribution in [3.8, 4) is 0 Å². The minimum atomic E-state index is -1.16. The van der Waals surface area contributed by atoms with Crippen LogP contribution >= 0.6 is 0 Å². The normalized spacial score (nSPS) is 33.2. The standard InChI is InChI=1S/C16H21FO2/c17-16(14-5-2-1-3-6-14)9-7-13(8-10-16)15-18-11-4-12-19-15/h1-3,5-6,13,15H,4,7-12H2. The molecule has 19 heavy (non-hydrogen) atoms. The number of ether oxygens (including phenoxy) is 2. The SMILES string of the molecule is FC1(c2ccccc2)CCC(C2OCCCO2)CC1. The van der Waals surface area contributed by atoms with E-state index in [4.69, 9.17) is 9.47 Å². The van der Waals surface area contributed by atoms with Crippen LogP contribution in [0, 0.1) is 5.92 Å². The van der Waals surface area contributed by atoms with E-state index in [9.17, 15) is 4.39 Å². The third-order valence-electron chi connectivity index (χ3n) is 4.35. The zero-order valence-corrected chi connectivity index (χ0v) is 11.2. The highest BCUT2D eigenvalue weighted by molar-refractivity contribution is 5.23. The van der Waals surface area contributed by atoms with E-state index < -0.39 is 5.67 Å². The summed E-state index contributed by atoms with van der Waals surface area (Å²) in [6.45, 7) is 1.56. The summed E-state index contributed by atoms with van der Waals surface area (Å²) < 4.78 is 26.3. The fourth-order valence-electron chi connectivity index (χ4n) is 3.17. The van der Waals surface area contributed by atoms with Crippen molar-refractivity contribution in [1.82, 2.24) is 0 Å². The monoisotopic (exact) mass is 264 g/mol. The molecule has 1 saturated heterocycles. The molecular formula is C16H21FO2. The molecule has 0 radical (unpaired) electrons. The van der Waals surface area contributed by atoms with Gasteiger partial charge in [-0.3, -0.25) is 0 Å². The first-order chi connectivity index (χ1) is 9.28. The van der Waals surface area contributed by atoms with Gasteiger partial charge in [-0.2, -0.15) is 0 Å². The van der Waals surface area contributed by atoms with E-state index in [0.717, 1.165) is 38.0 Å². The van der Waals surface area contributed by atoms with Crippen molar-refractivity contribution in [3.05, 3.63) is 35.9 Å². The van der Waals surface area contributed by atoms with Crippen LogP contribution in [0.15, 0.2) is 30.3 Å². The Balaban J connectivity index is 1.62. The summed E-state index contributed by atoms with van der Waals surface area (Å²) in [6.07, 6.45) is 3.71. The van der Waals surface area contributed by atoms with Crippen molar-refractivity contribution < 1.29 is 13.9 Å². The van der Waals surface area contributed by atoms with Gasteiger partial charge in [0.05, 0.1) is 13.2 Å². The first-order valence-electron chi connectivity index (χ1n) is 7.26. The van der Waals surface area contributed by atoms with E-state index in [1.54, 1.807) is 0 Å². The lowest BCUT2D eigenvalue weighted by molar-refractivity contribution is -0.213. The molecule has 2 fully saturated rings. The fraction of sp³-hybridized carbons (Fsp3) is 0.625. The van der Waals surface area contributed by atoms with Gasteiger partial charge < -0.3 is 9.47 Å². The molecule has 0 spiro atoms. The summed E-state index contributed by atoms with van der Waals surface area (Å²) in [5.41, 5.74) is -0.342. The van der Waals surface area contributed by atoms with Crippen LogP contribution in [-0.2, 0) is 15.1 Å². The molecule has 1 heterocycles. The summed E-state index contributed by atoms with van der Waals surface area (Å²) in [4.78, 5) is 0. The maximum absolute atomic E-state index is 15.0. The summed E-state index contributed by atoms with van der Waals surface area (Å²) in [7, 11) is 0. The molecule has 1 aromatic carbocycles. The number of hydrogen-bond acceptors (Lipinski definition) is 2. The molecule has 0 amide bonds. The molecule has 1 aliphatic heterocycles. The highest BCUT2D eigenvalue weighted by atomic mass is 19.1. The van der Waals surface area contributed by atoms with Gasteiger partial charge in [0.15, 0.2) is 6.29 Å². The van der Waals surface area contributed by atoms with Crippen LogP contribution < -0.4 is 0 Å². The van der Waals surface area contributed by atoms with Crippen molar-refractivity contribution in [2.45, 2.75) is 44.1 Å². The Labute approximate surface area is 113 Å². The Morgan fingerprint density at radius 1 is 1.00 bits per heavy atom. The first kappa shape index (κ1) is 13.1. The lowest BCUT2D eigenvalue weighted by Crippen LogP contribution is -2.37. The van der Waals surface area contributed by atoms with Crippen molar-refractivity contribution in [2.75, 3.05) is 13.2 Å². The minimum absolute atomic E-state index is 0.103. The highest BCUT2D eigenvalue weighted by Crippen LogP contribution is 2.44. The molecule has 2 aliphatic rings. The van der Waals surface area contributed by atoms with Gasteiger partial charge >= 0.3 is 0 Å². The lowest BCUT2D eigenvalue weighted by atomic mass is 9.76. The van der Waals surface area contributed by atoms with Crippen molar-refractivity contribution >= 4 is 0 Å². The zero-order valence-electron chi connectivity index (χ0n) is 11.2. The topological polar surface area (TPSA) is 18.5 Å². The van der Waals surface area contributed by atoms with Gasteiger partial charge in [0.25, 0.3) is 0 Å². The predicted octanol–water partition coefficient (Wildman–Crippen LogP) is 3.80. The number of halogens is 1. The summed E-state index contributed by atoms with van der Waals surface area (Å²) >= 11 is 0. The maximum atomic E-state index is 15.0. The molecule has 104 valence electrons. The van der Waals surface area contributed by atoms with Gasteiger partial charge in [0.1, 0.15) is 5.67 Å². The highest BCUT2D eigenvalue weighted by Gasteiger charge is 2.40. The van der Waals surface area contributed by atoms with E-state index >= 15 is 0 Å². The molecular weight excluding hydrogens is 243 g/mol. The summed E-state index contributed by atoms with van der Waals surface area (Å²) in [5.74, 6) is 0.355. The van der Waals surface area contributed by atoms with Crippen LogP contribution in [-0.4, -0.2) is 19.5 Å².